The summed E-state index contributed by atoms with van der Waals surface area (Å²) in [6.45, 7) is 8.24. The summed E-state index contributed by atoms with van der Waals surface area (Å²) in [4.78, 5) is 19.1. The van der Waals surface area contributed by atoms with Crippen molar-refractivity contribution in [2.45, 2.75) is 51.4 Å². The summed E-state index contributed by atoms with van der Waals surface area (Å²) in [5.41, 5.74) is 7.11. The maximum absolute atomic E-state index is 12.7. The average molecular weight is 407 g/mol. The number of rotatable bonds is 6. The highest BCUT2D eigenvalue weighted by molar-refractivity contribution is 5.85. The molecule has 1 aromatic carbocycles. The van der Waals surface area contributed by atoms with Crippen LogP contribution in [0, 0.1) is 5.92 Å². The Bertz CT molecular complexity index is 757. The highest BCUT2D eigenvalue weighted by Crippen LogP contribution is 2.32. The van der Waals surface area contributed by atoms with Gasteiger partial charge in [-0.05, 0) is 24.4 Å². The van der Waals surface area contributed by atoms with Crippen LogP contribution in [-0.4, -0.2) is 40.6 Å². The predicted molar refractivity (Wildman–Crippen MR) is 111 cm³/mol. The second-order valence-electron chi connectivity index (χ2n) is 8.43. The van der Waals surface area contributed by atoms with Crippen molar-refractivity contribution in [1.29, 1.82) is 0 Å². The van der Waals surface area contributed by atoms with Crippen molar-refractivity contribution in [2.24, 2.45) is 11.7 Å². The Hall–Kier alpha value is -1.92. The van der Waals surface area contributed by atoms with Crippen LogP contribution in [0.4, 0.5) is 0 Å². The van der Waals surface area contributed by atoms with Crippen LogP contribution in [0.25, 0.3) is 0 Å². The van der Waals surface area contributed by atoms with Gasteiger partial charge in [-0.1, -0.05) is 56.3 Å². The monoisotopic (exact) mass is 406 g/mol. The van der Waals surface area contributed by atoms with Crippen LogP contribution in [0.5, 0.6) is 0 Å². The van der Waals surface area contributed by atoms with Gasteiger partial charge in [0.05, 0.1) is 0 Å². The number of nitrogens with zero attached hydrogens (tertiary/aromatic N) is 3. The zero-order valence-corrected chi connectivity index (χ0v) is 17.7. The first-order valence-electron chi connectivity index (χ1n) is 9.74. The second-order valence-corrected chi connectivity index (χ2v) is 8.43. The fourth-order valence-electron chi connectivity index (χ4n) is 3.60. The van der Waals surface area contributed by atoms with E-state index in [-0.39, 0.29) is 23.7 Å². The molecular weight excluding hydrogens is 376 g/mol. The zero-order chi connectivity index (χ0) is 19.4. The molecule has 0 spiro atoms. The van der Waals surface area contributed by atoms with Crippen LogP contribution in [0.15, 0.2) is 34.9 Å². The number of hydrogen-bond donors (Lipinski definition) is 1. The van der Waals surface area contributed by atoms with Gasteiger partial charge in [0.2, 0.25) is 11.8 Å². The molecule has 0 saturated carbocycles. The fraction of sp³-hybridized carbons (Fsp3) is 0.571. The van der Waals surface area contributed by atoms with Crippen molar-refractivity contribution >= 4 is 18.3 Å². The molecule has 0 radical (unpaired) electrons. The lowest BCUT2D eigenvalue weighted by molar-refractivity contribution is -0.130. The number of nitrogens with two attached hydrogens (primary N) is 1. The van der Waals surface area contributed by atoms with Gasteiger partial charge in [-0.25, -0.2) is 0 Å². The van der Waals surface area contributed by atoms with E-state index in [0.717, 1.165) is 13.1 Å². The third kappa shape index (κ3) is 5.32. The molecule has 2 heterocycles. The van der Waals surface area contributed by atoms with Crippen molar-refractivity contribution in [3.63, 3.8) is 0 Å². The van der Waals surface area contributed by atoms with E-state index in [2.05, 4.69) is 43.0 Å². The van der Waals surface area contributed by atoms with Gasteiger partial charge in [-0.3, -0.25) is 4.79 Å². The summed E-state index contributed by atoms with van der Waals surface area (Å²) in [6, 6.07) is 10.4. The van der Waals surface area contributed by atoms with Crippen molar-refractivity contribution in [1.82, 2.24) is 15.0 Å². The van der Waals surface area contributed by atoms with Crippen molar-refractivity contribution < 1.29 is 9.32 Å². The number of halogens is 1. The Kier molecular flexibility index (Phi) is 7.61. The number of hydrogen-bond acceptors (Lipinski definition) is 5. The van der Waals surface area contributed by atoms with Gasteiger partial charge in [-0.2, -0.15) is 4.98 Å². The quantitative estimate of drug-likeness (QED) is 0.795. The molecule has 6 nitrogen and oxygen atoms in total. The number of aromatic nitrogens is 2. The topological polar surface area (TPSA) is 85.2 Å². The molecular formula is C21H31ClN4O2. The summed E-state index contributed by atoms with van der Waals surface area (Å²) in [6.07, 6.45) is 1.83. The Morgan fingerprint density at radius 1 is 1.25 bits per heavy atom. The summed E-state index contributed by atoms with van der Waals surface area (Å²) in [5, 5.41) is 4.03. The smallest absolute Gasteiger partial charge is 0.226 e. The molecule has 154 valence electrons. The van der Waals surface area contributed by atoms with Crippen molar-refractivity contribution in [3.05, 3.63) is 47.6 Å². The number of aryl methyl sites for hydroxylation is 1. The molecule has 2 N–H and O–H groups in total. The van der Waals surface area contributed by atoms with Crippen molar-refractivity contribution in [2.75, 3.05) is 19.6 Å². The number of benzene rings is 1. The van der Waals surface area contributed by atoms with Crippen LogP contribution >= 0.6 is 12.4 Å². The lowest BCUT2D eigenvalue weighted by atomic mass is 9.89. The van der Waals surface area contributed by atoms with E-state index < -0.39 is 0 Å². The van der Waals surface area contributed by atoms with E-state index in [9.17, 15) is 4.79 Å². The van der Waals surface area contributed by atoms with Gasteiger partial charge < -0.3 is 15.2 Å². The summed E-state index contributed by atoms with van der Waals surface area (Å²) >= 11 is 0. The lowest BCUT2D eigenvalue weighted by Gasteiger charge is -2.16. The maximum atomic E-state index is 12.7. The molecule has 2 aromatic rings. The van der Waals surface area contributed by atoms with Crippen molar-refractivity contribution in [3.8, 4) is 0 Å². The molecule has 1 aromatic heterocycles. The summed E-state index contributed by atoms with van der Waals surface area (Å²) < 4.78 is 5.31. The van der Waals surface area contributed by atoms with Gasteiger partial charge in [0.1, 0.15) is 0 Å². The summed E-state index contributed by atoms with van der Waals surface area (Å²) in [7, 11) is 0. The Morgan fingerprint density at radius 3 is 2.57 bits per heavy atom. The van der Waals surface area contributed by atoms with E-state index in [1.165, 1.54) is 5.56 Å². The molecule has 1 aliphatic rings. The average Bonchev–Trinajstić information content (AvgIpc) is 3.29. The lowest BCUT2D eigenvalue weighted by Crippen LogP contribution is -2.29. The van der Waals surface area contributed by atoms with Gasteiger partial charge in [0.25, 0.3) is 0 Å². The van der Waals surface area contributed by atoms with Crippen LogP contribution < -0.4 is 5.73 Å². The number of carbonyl (C=O) groups is 1. The minimum Gasteiger partial charge on any atom is -0.342 e. The minimum atomic E-state index is -0.128. The molecule has 1 fully saturated rings. The van der Waals surface area contributed by atoms with Crippen LogP contribution in [0.2, 0.25) is 0 Å². The standard InChI is InChI=1S/C21H30N4O2.ClH/c1-21(2,3)20-23-18(27-24-20)10-7-11-19(26)25-13-16(12-22)17(14-25)15-8-5-4-6-9-15;/h4-6,8-9,16-17H,7,10-14,22H2,1-3H3;1H/t16-,17+;/m1./s1. The fourth-order valence-corrected chi connectivity index (χ4v) is 3.60. The molecule has 1 aliphatic heterocycles. The summed E-state index contributed by atoms with van der Waals surface area (Å²) in [5.74, 6) is 2.14. The molecule has 1 saturated heterocycles. The van der Waals surface area contributed by atoms with Crippen LogP contribution in [-0.2, 0) is 16.6 Å². The van der Waals surface area contributed by atoms with Crippen LogP contribution in [0.3, 0.4) is 0 Å². The Morgan fingerprint density at radius 2 is 1.96 bits per heavy atom. The predicted octanol–water partition coefficient (Wildman–Crippen LogP) is 3.31. The first-order valence-corrected chi connectivity index (χ1v) is 9.74. The Labute approximate surface area is 173 Å². The van der Waals surface area contributed by atoms with E-state index >= 15 is 0 Å². The molecule has 28 heavy (non-hydrogen) atoms. The molecule has 0 aliphatic carbocycles. The Balaban J connectivity index is 0.00000280. The van der Waals surface area contributed by atoms with E-state index in [4.69, 9.17) is 10.3 Å². The van der Waals surface area contributed by atoms with Gasteiger partial charge >= 0.3 is 0 Å². The van der Waals surface area contributed by atoms with Gasteiger partial charge in [0.15, 0.2) is 5.82 Å². The highest BCUT2D eigenvalue weighted by Gasteiger charge is 2.34. The molecule has 3 rings (SSSR count). The first-order chi connectivity index (χ1) is 12.9. The van der Waals surface area contributed by atoms with E-state index in [0.29, 0.717) is 49.4 Å². The molecule has 0 bridgehead atoms. The normalized spacial score (nSPS) is 19.5. The molecule has 1 amide bonds. The number of amides is 1. The number of likely N-dealkylation sites (tertiary alicyclic amines) is 1. The molecule has 7 heteroatoms. The zero-order valence-electron chi connectivity index (χ0n) is 16.9. The first kappa shape index (κ1) is 22.4. The molecule has 0 unspecified atom stereocenters. The largest absolute Gasteiger partial charge is 0.342 e. The third-order valence-corrected chi connectivity index (χ3v) is 5.24. The SMILES string of the molecule is CC(C)(C)c1noc(CCCC(=O)N2C[C@@H](CN)[C@H](c3ccccc3)C2)n1.Cl. The highest BCUT2D eigenvalue weighted by atomic mass is 35.5. The maximum Gasteiger partial charge on any atom is 0.226 e. The van der Waals surface area contributed by atoms with Gasteiger partial charge in [0, 0.05) is 37.3 Å². The van der Waals surface area contributed by atoms with E-state index in [1.807, 2.05) is 23.1 Å². The molecule has 2 atom stereocenters. The van der Waals surface area contributed by atoms with Gasteiger partial charge in [-0.15, -0.1) is 12.4 Å². The minimum absolute atomic E-state index is 0. The van der Waals surface area contributed by atoms with Crippen LogP contribution in [0.1, 0.15) is 56.8 Å². The third-order valence-electron chi connectivity index (χ3n) is 5.24. The van der Waals surface area contributed by atoms with E-state index in [1.54, 1.807) is 0 Å². The number of carbonyl (C=O) groups excluding carboxylic acids is 1. The second kappa shape index (κ2) is 9.52.